The van der Waals surface area contributed by atoms with Gasteiger partial charge in [0.05, 0.1) is 12.5 Å². The molecule has 16 heavy (non-hydrogen) atoms. The second-order valence-corrected chi connectivity index (χ2v) is 6.00. The van der Waals surface area contributed by atoms with Gasteiger partial charge in [-0.25, -0.2) is 0 Å². The SMILES string of the molecule is CC1(C)CCC(C(N)Cc2ccoc2)CC1. The maximum atomic E-state index is 6.29. The first-order chi connectivity index (χ1) is 7.57. The van der Waals surface area contributed by atoms with Crippen molar-refractivity contribution in [2.45, 2.75) is 52.0 Å². The van der Waals surface area contributed by atoms with Gasteiger partial charge in [-0.15, -0.1) is 0 Å². The number of furan rings is 1. The summed E-state index contributed by atoms with van der Waals surface area (Å²) in [4.78, 5) is 0. The first-order valence-corrected chi connectivity index (χ1v) is 6.33. The second kappa shape index (κ2) is 4.62. The normalized spacial score (nSPS) is 23.2. The molecule has 1 aromatic rings. The van der Waals surface area contributed by atoms with Crippen LogP contribution >= 0.6 is 0 Å². The van der Waals surface area contributed by atoms with Gasteiger partial charge in [0, 0.05) is 6.04 Å². The third-order valence-electron chi connectivity index (χ3n) is 4.04. The number of hydrogen-bond acceptors (Lipinski definition) is 2. The zero-order valence-electron chi connectivity index (χ0n) is 10.4. The van der Waals surface area contributed by atoms with Crippen molar-refractivity contribution in [3.05, 3.63) is 24.2 Å². The molecule has 1 atom stereocenters. The Morgan fingerprint density at radius 2 is 2.12 bits per heavy atom. The van der Waals surface area contributed by atoms with Gasteiger partial charge in [-0.3, -0.25) is 0 Å². The van der Waals surface area contributed by atoms with E-state index in [1.807, 2.05) is 12.3 Å². The molecule has 1 fully saturated rings. The van der Waals surface area contributed by atoms with Crippen LogP contribution in [-0.4, -0.2) is 6.04 Å². The third-order valence-corrected chi connectivity index (χ3v) is 4.04. The molecule has 2 nitrogen and oxygen atoms in total. The molecule has 0 amide bonds. The summed E-state index contributed by atoms with van der Waals surface area (Å²) in [5.74, 6) is 0.697. The standard InChI is InChI=1S/C14H23NO/c1-14(2)6-3-12(4-7-14)13(15)9-11-5-8-16-10-11/h5,8,10,12-13H,3-4,6-7,9,15H2,1-2H3. The third kappa shape index (κ3) is 2.88. The molecule has 1 heterocycles. The molecular formula is C14H23NO. The van der Waals surface area contributed by atoms with Crippen LogP contribution < -0.4 is 5.73 Å². The lowest BCUT2D eigenvalue weighted by Gasteiger charge is -2.36. The molecule has 1 aromatic heterocycles. The molecule has 1 aliphatic carbocycles. The Balaban J connectivity index is 1.85. The van der Waals surface area contributed by atoms with E-state index in [1.54, 1.807) is 6.26 Å². The van der Waals surface area contributed by atoms with Crippen molar-refractivity contribution in [1.29, 1.82) is 0 Å². The van der Waals surface area contributed by atoms with Gasteiger partial charge < -0.3 is 10.2 Å². The van der Waals surface area contributed by atoms with Crippen molar-refractivity contribution in [3.8, 4) is 0 Å². The predicted molar refractivity (Wildman–Crippen MR) is 66.1 cm³/mol. The van der Waals surface area contributed by atoms with Crippen LogP contribution in [0.3, 0.4) is 0 Å². The predicted octanol–water partition coefficient (Wildman–Crippen LogP) is 3.37. The molecule has 2 heteroatoms. The molecule has 1 saturated carbocycles. The fourth-order valence-electron chi connectivity index (χ4n) is 2.70. The van der Waals surface area contributed by atoms with E-state index in [0.29, 0.717) is 17.4 Å². The van der Waals surface area contributed by atoms with Crippen LogP contribution in [0, 0.1) is 11.3 Å². The maximum Gasteiger partial charge on any atom is 0.0935 e. The summed E-state index contributed by atoms with van der Waals surface area (Å²) in [5.41, 5.74) is 8.05. The van der Waals surface area contributed by atoms with E-state index < -0.39 is 0 Å². The van der Waals surface area contributed by atoms with Gasteiger partial charge in [0.2, 0.25) is 0 Å². The number of hydrogen-bond donors (Lipinski definition) is 1. The fourth-order valence-corrected chi connectivity index (χ4v) is 2.70. The zero-order valence-corrected chi connectivity index (χ0v) is 10.4. The Bertz CT molecular complexity index is 305. The summed E-state index contributed by atoms with van der Waals surface area (Å²) >= 11 is 0. The molecule has 2 rings (SSSR count). The summed E-state index contributed by atoms with van der Waals surface area (Å²) in [5, 5.41) is 0. The van der Waals surface area contributed by atoms with Crippen molar-refractivity contribution >= 4 is 0 Å². The van der Waals surface area contributed by atoms with Gasteiger partial charge in [0.25, 0.3) is 0 Å². The van der Waals surface area contributed by atoms with E-state index in [2.05, 4.69) is 13.8 Å². The van der Waals surface area contributed by atoms with Crippen LogP contribution in [0.4, 0.5) is 0 Å². The summed E-state index contributed by atoms with van der Waals surface area (Å²) in [6.07, 6.45) is 9.70. The molecule has 1 aliphatic rings. The minimum atomic E-state index is 0.300. The van der Waals surface area contributed by atoms with Crippen molar-refractivity contribution in [1.82, 2.24) is 0 Å². The summed E-state index contributed by atoms with van der Waals surface area (Å²) in [7, 11) is 0. The lowest BCUT2D eigenvalue weighted by molar-refractivity contribution is 0.173. The Kier molecular flexibility index (Phi) is 3.38. The molecular weight excluding hydrogens is 198 g/mol. The van der Waals surface area contributed by atoms with Crippen molar-refractivity contribution in [2.24, 2.45) is 17.1 Å². The van der Waals surface area contributed by atoms with E-state index in [9.17, 15) is 0 Å². The minimum Gasteiger partial charge on any atom is -0.472 e. The number of rotatable bonds is 3. The second-order valence-electron chi connectivity index (χ2n) is 6.00. The highest BCUT2D eigenvalue weighted by Crippen LogP contribution is 2.39. The van der Waals surface area contributed by atoms with E-state index in [-0.39, 0.29) is 0 Å². The molecule has 0 aliphatic heterocycles. The molecule has 1 unspecified atom stereocenters. The lowest BCUT2D eigenvalue weighted by Crippen LogP contribution is -2.36. The molecule has 0 saturated heterocycles. The highest BCUT2D eigenvalue weighted by Gasteiger charge is 2.29. The highest BCUT2D eigenvalue weighted by atomic mass is 16.3. The van der Waals surface area contributed by atoms with E-state index >= 15 is 0 Å². The molecule has 0 aromatic carbocycles. The first-order valence-electron chi connectivity index (χ1n) is 6.33. The van der Waals surface area contributed by atoms with Gasteiger partial charge in [-0.05, 0) is 55.1 Å². The van der Waals surface area contributed by atoms with Crippen LogP contribution in [-0.2, 0) is 6.42 Å². The fraction of sp³-hybridized carbons (Fsp3) is 0.714. The largest absolute Gasteiger partial charge is 0.472 e. The number of nitrogens with two attached hydrogens (primary N) is 1. The van der Waals surface area contributed by atoms with Crippen molar-refractivity contribution in [3.63, 3.8) is 0 Å². The minimum absolute atomic E-state index is 0.300. The van der Waals surface area contributed by atoms with Crippen molar-refractivity contribution in [2.75, 3.05) is 0 Å². The van der Waals surface area contributed by atoms with Gasteiger partial charge in [-0.1, -0.05) is 13.8 Å². The van der Waals surface area contributed by atoms with Gasteiger partial charge >= 0.3 is 0 Å². The van der Waals surface area contributed by atoms with E-state index in [0.717, 1.165) is 6.42 Å². The average Bonchev–Trinajstić information content (AvgIpc) is 2.70. The van der Waals surface area contributed by atoms with Crippen LogP contribution in [0.5, 0.6) is 0 Å². The van der Waals surface area contributed by atoms with Crippen LogP contribution in [0.1, 0.15) is 45.1 Å². The van der Waals surface area contributed by atoms with E-state index in [4.69, 9.17) is 10.2 Å². The van der Waals surface area contributed by atoms with Crippen LogP contribution in [0.2, 0.25) is 0 Å². The quantitative estimate of drug-likeness (QED) is 0.850. The Labute approximate surface area is 98.2 Å². The van der Waals surface area contributed by atoms with Crippen molar-refractivity contribution < 1.29 is 4.42 Å². The van der Waals surface area contributed by atoms with E-state index in [1.165, 1.54) is 31.2 Å². The first kappa shape index (κ1) is 11.7. The van der Waals surface area contributed by atoms with Crippen LogP contribution in [0.25, 0.3) is 0 Å². The smallest absolute Gasteiger partial charge is 0.0935 e. The Morgan fingerprint density at radius 3 is 2.69 bits per heavy atom. The Hall–Kier alpha value is -0.760. The topological polar surface area (TPSA) is 39.2 Å². The maximum absolute atomic E-state index is 6.29. The molecule has 0 bridgehead atoms. The summed E-state index contributed by atoms with van der Waals surface area (Å²) < 4.78 is 5.08. The van der Waals surface area contributed by atoms with Crippen LogP contribution in [0.15, 0.2) is 23.0 Å². The highest BCUT2D eigenvalue weighted by molar-refractivity contribution is 5.07. The molecule has 90 valence electrons. The zero-order chi connectivity index (χ0) is 11.6. The van der Waals surface area contributed by atoms with Gasteiger partial charge in [-0.2, -0.15) is 0 Å². The van der Waals surface area contributed by atoms with Gasteiger partial charge in [0.15, 0.2) is 0 Å². The molecule has 2 N–H and O–H groups in total. The molecule has 0 spiro atoms. The lowest BCUT2D eigenvalue weighted by atomic mass is 9.70. The monoisotopic (exact) mass is 221 g/mol. The van der Waals surface area contributed by atoms with Gasteiger partial charge in [0.1, 0.15) is 0 Å². The Morgan fingerprint density at radius 1 is 1.44 bits per heavy atom. The summed E-state index contributed by atoms with van der Waals surface area (Å²) in [6.45, 7) is 4.73. The molecule has 0 radical (unpaired) electrons. The summed E-state index contributed by atoms with van der Waals surface area (Å²) in [6, 6.07) is 2.32. The average molecular weight is 221 g/mol.